The Balaban J connectivity index is 0.00000744. The van der Waals surface area contributed by atoms with Crippen molar-refractivity contribution in [1.82, 2.24) is 9.97 Å². The number of rotatable bonds is 13. The number of hydrogen-bond donors (Lipinski definition) is 1. The minimum atomic E-state index is -5.64. The average Bonchev–Trinajstić information content (AvgIpc) is 3.12. The van der Waals surface area contributed by atoms with Crippen molar-refractivity contribution in [2.45, 2.75) is 14.7 Å². The summed E-state index contributed by atoms with van der Waals surface area (Å²) in [4.78, 5) is 15.6. The van der Waals surface area contributed by atoms with Crippen molar-refractivity contribution in [2.75, 3.05) is 0 Å². The molecule has 21 nitrogen and oxygen atoms in total. The fourth-order valence-corrected chi connectivity index (χ4v) is 6.49. The van der Waals surface area contributed by atoms with E-state index in [1.54, 1.807) is 18.2 Å². The zero-order valence-corrected chi connectivity index (χ0v) is 45.3. The molecule has 0 unspecified atom stereocenters. The summed E-state index contributed by atoms with van der Waals surface area (Å²) in [5, 5.41) is 50.2. The zero-order chi connectivity index (χ0) is 41.9. The van der Waals surface area contributed by atoms with Gasteiger partial charge in [0.1, 0.15) is 46.5 Å². The van der Waals surface area contributed by atoms with E-state index in [1.807, 2.05) is 0 Å². The van der Waals surface area contributed by atoms with E-state index in [9.17, 15) is 53.9 Å². The van der Waals surface area contributed by atoms with Gasteiger partial charge in [0, 0.05) is 45.9 Å². The van der Waals surface area contributed by atoms with E-state index in [0.717, 1.165) is 12.1 Å². The molecule has 0 amide bonds. The monoisotopic (exact) mass is 1050 g/mol. The molecule has 0 aliphatic carbocycles. The Bertz CT molecular complexity index is 2890. The molecule has 5 rings (SSSR count). The van der Waals surface area contributed by atoms with Crippen molar-refractivity contribution in [1.29, 1.82) is 0 Å². The molecular formula is C30H14Cl3CuN9Na4O12S3-. The van der Waals surface area contributed by atoms with Crippen LogP contribution in [0.4, 0.5) is 34.3 Å². The predicted molar refractivity (Wildman–Crippen MR) is 193 cm³/mol. The summed E-state index contributed by atoms with van der Waals surface area (Å²) in [6.45, 7) is 0. The van der Waals surface area contributed by atoms with Gasteiger partial charge in [-0.3, -0.25) is 0 Å². The van der Waals surface area contributed by atoms with Crippen LogP contribution >= 0.6 is 34.8 Å². The number of aromatic nitrogens is 2. The van der Waals surface area contributed by atoms with E-state index in [-0.39, 0.29) is 180 Å². The standard InChI is InChI=1S/C30H20Cl3N9O12S3.Cu.4Na/c31-24-26(32)35-30(33)36-28(24)34-15-4-2-6-17(10-15)38-37-16-5-1-3-14(9-16)27(41-39-21-8-7-18(55(46,47)48)11-20(21)29(44)45)42-40-22-12-19(56(49,50)51)13-23(25(22)43)57(52,53)54;;;;;/h1-13,42H,(H6,34,35,36,43,44,45,46,47,48,49,50,51,52,53,54);;;;;/q;+2;;3*+1/p-6. The van der Waals surface area contributed by atoms with Crippen molar-refractivity contribution >= 4 is 135 Å². The van der Waals surface area contributed by atoms with Crippen LogP contribution in [0.3, 0.4) is 0 Å². The quantitative estimate of drug-likeness (QED) is 0.0287. The number of nitrogens with one attached hydrogen (secondary N) is 1. The number of carboxylic acids is 1. The van der Waals surface area contributed by atoms with Gasteiger partial charge in [-0.2, -0.15) is 21.4 Å². The number of carboxylic acid groups (broad SMARTS) is 1. The molecule has 0 aliphatic heterocycles. The molecular weight excluding hydrogens is 1040 g/mol. The second kappa shape index (κ2) is 25.7. The number of hydrogen-bond acceptors (Lipinski definition) is 19. The van der Waals surface area contributed by atoms with Gasteiger partial charge in [0.15, 0.2) is 0 Å². The second-order valence-electron chi connectivity index (χ2n) is 10.7. The zero-order valence-electron chi connectivity index (χ0n) is 31.6. The molecule has 306 valence electrons. The van der Waals surface area contributed by atoms with Gasteiger partial charge in [0.05, 0.1) is 37.1 Å². The van der Waals surface area contributed by atoms with Gasteiger partial charge >= 0.3 is 106 Å². The third kappa shape index (κ3) is 16.6. The Kier molecular flexibility index (Phi) is 25.2. The van der Waals surface area contributed by atoms with Crippen LogP contribution in [0.25, 0.3) is 5.32 Å². The maximum atomic E-state index is 12.8. The predicted octanol–water partition coefficient (Wildman–Crippen LogP) is -5.55. The number of azo groups is 3. The fraction of sp³-hybridized carbons (Fsp3) is 0. The first-order chi connectivity index (χ1) is 26.6. The third-order valence-electron chi connectivity index (χ3n) is 6.81. The Morgan fingerprint density at radius 2 is 1.32 bits per heavy atom. The maximum absolute atomic E-state index is 12.8. The van der Waals surface area contributed by atoms with Crippen LogP contribution in [0.2, 0.25) is 15.5 Å². The van der Waals surface area contributed by atoms with Crippen molar-refractivity contribution < 1.29 is 165 Å². The first-order valence-electron chi connectivity index (χ1n) is 14.7. The Labute approximate surface area is 466 Å². The molecule has 2 radical (unpaired) electrons. The number of benzene rings is 4. The van der Waals surface area contributed by atoms with Crippen LogP contribution in [0.1, 0.15) is 15.9 Å². The van der Waals surface area contributed by atoms with Crippen molar-refractivity contribution in [3.63, 3.8) is 0 Å². The maximum Gasteiger partial charge on any atom is 2.00 e. The molecule has 0 atom stereocenters. The first kappa shape index (κ1) is 60.8. The van der Waals surface area contributed by atoms with E-state index in [0.29, 0.717) is 17.8 Å². The largest absolute Gasteiger partial charge is 2.00 e. The van der Waals surface area contributed by atoms with Crippen molar-refractivity contribution in [3.8, 4) is 5.75 Å². The normalized spacial score (nSPS) is 11.5. The first-order valence-corrected chi connectivity index (χ1v) is 20.0. The second-order valence-corrected chi connectivity index (χ2v) is 15.9. The van der Waals surface area contributed by atoms with Gasteiger partial charge in [-0.1, -0.05) is 69.4 Å². The number of aromatic carboxylic acids is 1. The molecule has 4 aromatic carbocycles. The van der Waals surface area contributed by atoms with E-state index in [1.165, 1.54) is 30.3 Å². The summed E-state index contributed by atoms with van der Waals surface area (Å²) >= 11 is 17.9. The molecule has 32 heteroatoms. The van der Waals surface area contributed by atoms with Gasteiger partial charge in [0.25, 0.3) is 6.17 Å². The number of carbonyl (C=O) groups excluding carboxylic acids is 1. The van der Waals surface area contributed by atoms with Crippen LogP contribution < -0.4 is 104 Å². The molecule has 0 spiro atoms. The van der Waals surface area contributed by atoms with Gasteiger partial charge in [-0.15, -0.1) is 12.1 Å². The molecule has 0 saturated heterocycles. The molecule has 0 fully saturated rings. The summed E-state index contributed by atoms with van der Waals surface area (Å²) in [5.41, 5.74) is -1.96. The third-order valence-corrected chi connectivity index (χ3v) is 10.2. The number of carbonyl (C=O) groups is 1. The topological polar surface area (TPSA) is 350 Å². The molecule has 1 aromatic heterocycles. The average molecular weight is 1050 g/mol. The summed E-state index contributed by atoms with van der Waals surface area (Å²) in [7, 11) is -16.2. The van der Waals surface area contributed by atoms with Gasteiger partial charge in [-0.05, 0) is 59.1 Å². The van der Waals surface area contributed by atoms with Gasteiger partial charge < -0.3 is 39.0 Å². The van der Waals surface area contributed by atoms with Crippen LogP contribution in [0.5, 0.6) is 5.75 Å². The summed E-state index contributed by atoms with van der Waals surface area (Å²) < 4.78 is 105. The Hall–Kier alpha value is -1.18. The fourth-order valence-electron chi connectivity index (χ4n) is 4.29. The summed E-state index contributed by atoms with van der Waals surface area (Å²) in [6.07, 6.45) is -0.530. The number of nitrogens with zero attached hydrogens (tertiary/aromatic N) is 8. The van der Waals surface area contributed by atoms with Crippen LogP contribution in [-0.4, -0.2) is 84.4 Å². The Morgan fingerprint density at radius 1 is 0.726 bits per heavy atom. The van der Waals surface area contributed by atoms with Crippen LogP contribution in [-0.2, 0) is 47.4 Å². The molecule has 0 aliphatic rings. The van der Waals surface area contributed by atoms with Crippen molar-refractivity contribution in [3.05, 3.63) is 117 Å². The number of halogens is 3. The van der Waals surface area contributed by atoms with Gasteiger partial charge in [0.2, 0.25) is 0 Å². The van der Waals surface area contributed by atoms with E-state index in [2.05, 4.69) is 46.0 Å². The molecule has 1 N–H and O–H groups in total. The SMILES string of the molecule is O=C([O-])c1cc(S(=O)(=O)[O-])ccc1N=N[C-]([NH+]=Nc1cc(S(=O)(=O)[O-])cc(S(=O)(=O)[O-])c1[O-])c1cccc(N=Nc2cccc([N-]c3nc(Cl)nc(Cl)c3Cl)c2)c1.[Cu+2].[Na+].[Na+].[Na+].[Na]. The molecule has 62 heavy (non-hydrogen) atoms. The van der Waals surface area contributed by atoms with E-state index >= 15 is 0 Å². The minimum absolute atomic E-state index is 0. The molecule has 0 saturated carbocycles. The van der Waals surface area contributed by atoms with Crippen LogP contribution in [0, 0.1) is 6.17 Å². The smallest absolute Gasteiger partial charge is 0.870 e. The molecule has 5 aromatic rings. The molecule has 1 heterocycles. The van der Waals surface area contributed by atoms with E-state index < -0.39 is 79.9 Å². The Morgan fingerprint density at radius 3 is 1.90 bits per heavy atom. The van der Waals surface area contributed by atoms with Crippen LogP contribution in [0.15, 0.2) is 119 Å². The molecule has 0 bridgehead atoms. The summed E-state index contributed by atoms with van der Waals surface area (Å²) in [6, 6.07) is 14.0. The van der Waals surface area contributed by atoms with E-state index in [4.69, 9.17) is 34.8 Å². The van der Waals surface area contributed by atoms with Gasteiger partial charge in [-0.25, -0.2) is 30.2 Å². The summed E-state index contributed by atoms with van der Waals surface area (Å²) in [5.74, 6) is -3.63. The minimum Gasteiger partial charge on any atom is -0.870 e. The van der Waals surface area contributed by atoms with Crippen molar-refractivity contribution in [2.24, 2.45) is 25.6 Å².